The molecular formula is C18H19N5OS3. The van der Waals surface area contributed by atoms with Crippen LogP contribution in [0.3, 0.4) is 0 Å². The number of aromatic nitrogens is 3. The molecule has 0 saturated carbocycles. The van der Waals surface area contributed by atoms with Gasteiger partial charge in [0.05, 0.1) is 16.5 Å². The number of rotatable bonds is 6. The number of aryl methyl sites for hydroxylation is 1. The van der Waals surface area contributed by atoms with Gasteiger partial charge in [0.2, 0.25) is 11.0 Å². The molecule has 0 saturated heterocycles. The van der Waals surface area contributed by atoms with E-state index in [0.29, 0.717) is 5.75 Å². The van der Waals surface area contributed by atoms with Crippen molar-refractivity contribution in [2.24, 2.45) is 0 Å². The first-order valence-corrected chi connectivity index (χ1v) is 11.4. The highest BCUT2D eigenvalue weighted by molar-refractivity contribution is 8.01. The second-order valence-corrected chi connectivity index (χ2v) is 9.34. The van der Waals surface area contributed by atoms with Crippen LogP contribution in [0.15, 0.2) is 27.9 Å². The van der Waals surface area contributed by atoms with Gasteiger partial charge in [0.15, 0.2) is 4.34 Å². The monoisotopic (exact) mass is 417 g/mol. The van der Waals surface area contributed by atoms with Crippen LogP contribution in [0.2, 0.25) is 0 Å². The zero-order chi connectivity index (χ0) is 18.8. The molecule has 140 valence electrons. The van der Waals surface area contributed by atoms with E-state index in [2.05, 4.69) is 38.0 Å². The van der Waals surface area contributed by atoms with E-state index in [4.69, 9.17) is 0 Å². The zero-order valence-electron chi connectivity index (χ0n) is 15.1. The molecule has 0 aliphatic carbocycles. The smallest absolute Gasteiger partial charge is 0.237 e. The van der Waals surface area contributed by atoms with E-state index >= 15 is 0 Å². The van der Waals surface area contributed by atoms with Gasteiger partial charge in [-0.15, -0.1) is 21.5 Å². The molecule has 9 heteroatoms. The summed E-state index contributed by atoms with van der Waals surface area (Å²) in [6.07, 6.45) is 0.881. The summed E-state index contributed by atoms with van der Waals surface area (Å²) in [6.45, 7) is 5.57. The van der Waals surface area contributed by atoms with Crippen LogP contribution in [0.5, 0.6) is 0 Å². The van der Waals surface area contributed by atoms with Crippen LogP contribution < -0.4 is 10.2 Å². The summed E-state index contributed by atoms with van der Waals surface area (Å²) in [5.41, 5.74) is 4.35. The third kappa shape index (κ3) is 3.99. The lowest BCUT2D eigenvalue weighted by atomic mass is 10.1. The van der Waals surface area contributed by atoms with E-state index in [1.165, 1.54) is 28.7 Å². The van der Waals surface area contributed by atoms with Crippen molar-refractivity contribution in [1.29, 1.82) is 0 Å². The molecule has 4 rings (SSSR count). The Morgan fingerprint density at radius 1 is 1.37 bits per heavy atom. The molecule has 0 atom stereocenters. The lowest BCUT2D eigenvalue weighted by Crippen LogP contribution is -2.30. The predicted molar refractivity (Wildman–Crippen MR) is 113 cm³/mol. The number of carbonyl (C=O) groups excluding carboxylic acids is 1. The maximum Gasteiger partial charge on any atom is 0.237 e. The summed E-state index contributed by atoms with van der Waals surface area (Å²) in [7, 11) is 0. The molecule has 3 aromatic rings. The Morgan fingerprint density at radius 2 is 2.26 bits per heavy atom. The van der Waals surface area contributed by atoms with E-state index in [1.54, 1.807) is 11.3 Å². The molecule has 2 aromatic heterocycles. The first-order valence-electron chi connectivity index (χ1n) is 8.70. The number of thioether (sulfide) groups is 1. The number of nitrogens with one attached hydrogen (secondary N) is 1. The van der Waals surface area contributed by atoms with Gasteiger partial charge in [0.25, 0.3) is 0 Å². The van der Waals surface area contributed by atoms with Crippen molar-refractivity contribution in [2.45, 2.75) is 24.6 Å². The molecule has 0 fully saturated rings. The number of hydrogen-bond acceptors (Lipinski definition) is 8. The second-order valence-electron chi connectivity index (χ2n) is 6.08. The minimum absolute atomic E-state index is 0.108. The van der Waals surface area contributed by atoms with Crippen LogP contribution in [-0.4, -0.2) is 39.9 Å². The number of anilines is 2. The highest BCUT2D eigenvalue weighted by Crippen LogP contribution is 2.34. The normalized spacial score (nSPS) is 13.0. The predicted octanol–water partition coefficient (Wildman–Crippen LogP) is 4.08. The summed E-state index contributed by atoms with van der Waals surface area (Å²) in [4.78, 5) is 19.1. The third-order valence-electron chi connectivity index (χ3n) is 4.24. The number of fused-ring (bicyclic) bond motifs is 1. The fourth-order valence-electron chi connectivity index (χ4n) is 3.01. The van der Waals surface area contributed by atoms with Crippen LogP contribution in [0.4, 0.5) is 10.8 Å². The Kier molecular flexibility index (Phi) is 5.42. The van der Waals surface area contributed by atoms with Crippen molar-refractivity contribution in [3.05, 3.63) is 34.2 Å². The minimum atomic E-state index is 0.108. The number of benzene rings is 1. The van der Waals surface area contributed by atoms with E-state index < -0.39 is 0 Å². The van der Waals surface area contributed by atoms with Crippen molar-refractivity contribution in [3.8, 4) is 11.3 Å². The van der Waals surface area contributed by atoms with Crippen molar-refractivity contribution < 1.29 is 4.79 Å². The maximum absolute atomic E-state index is 12.7. The van der Waals surface area contributed by atoms with Crippen LogP contribution in [0, 0.1) is 6.92 Å². The van der Waals surface area contributed by atoms with E-state index in [-0.39, 0.29) is 5.91 Å². The van der Waals surface area contributed by atoms with Crippen molar-refractivity contribution in [3.63, 3.8) is 0 Å². The zero-order valence-corrected chi connectivity index (χ0v) is 17.5. The molecule has 27 heavy (non-hydrogen) atoms. The molecule has 1 aliphatic rings. The standard InChI is InChI=1S/C18H19N5OS3/c1-3-19-17-21-22-18(27-17)26-10-16(24)23-7-6-13-8-12(4-5-15(13)23)14-9-25-11(2)20-14/h4-5,8-9H,3,6-7,10H2,1-2H3,(H,19,21). The molecular weight excluding hydrogens is 398 g/mol. The maximum atomic E-state index is 12.7. The Labute approximate surface area is 170 Å². The fraction of sp³-hybridized carbons (Fsp3) is 0.333. The van der Waals surface area contributed by atoms with Gasteiger partial charge in [-0.3, -0.25) is 4.79 Å². The summed E-state index contributed by atoms with van der Waals surface area (Å²) in [6, 6.07) is 6.26. The summed E-state index contributed by atoms with van der Waals surface area (Å²) >= 11 is 4.58. The fourth-order valence-corrected chi connectivity index (χ4v) is 5.33. The SMILES string of the molecule is CCNc1nnc(SCC(=O)N2CCc3cc(-c4csc(C)n4)ccc32)s1. The van der Waals surface area contributed by atoms with Gasteiger partial charge in [-0.05, 0) is 38.0 Å². The average molecular weight is 418 g/mol. The van der Waals surface area contributed by atoms with Crippen LogP contribution in [0.25, 0.3) is 11.3 Å². The number of carbonyl (C=O) groups is 1. The molecule has 6 nitrogen and oxygen atoms in total. The first kappa shape index (κ1) is 18.4. The van der Waals surface area contributed by atoms with Gasteiger partial charge in [-0.2, -0.15) is 0 Å². The lowest BCUT2D eigenvalue weighted by Gasteiger charge is -2.17. The van der Waals surface area contributed by atoms with Gasteiger partial charge in [-0.25, -0.2) is 4.98 Å². The second kappa shape index (κ2) is 7.95. The van der Waals surface area contributed by atoms with Gasteiger partial charge < -0.3 is 10.2 Å². The van der Waals surface area contributed by atoms with E-state index in [1.807, 2.05) is 24.8 Å². The lowest BCUT2D eigenvalue weighted by molar-refractivity contribution is -0.116. The summed E-state index contributed by atoms with van der Waals surface area (Å²) < 4.78 is 0.813. The molecule has 1 aliphatic heterocycles. The highest BCUT2D eigenvalue weighted by Gasteiger charge is 2.25. The van der Waals surface area contributed by atoms with Crippen molar-refractivity contribution >= 4 is 51.2 Å². The van der Waals surface area contributed by atoms with E-state index in [0.717, 1.165) is 50.9 Å². The Morgan fingerprint density at radius 3 is 3.04 bits per heavy atom. The summed E-state index contributed by atoms with van der Waals surface area (Å²) in [5.74, 6) is 0.476. The molecule has 0 bridgehead atoms. The van der Waals surface area contributed by atoms with E-state index in [9.17, 15) is 4.79 Å². The minimum Gasteiger partial charge on any atom is -0.360 e. The number of amides is 1. The Balaban J connectivity index is 1.43. The molecule has 1 aromatic carbocycles. The number of hydrogen-bond donors (Lipinski definition) is 1. The molecule has 3 heterocycles. The summed E-state index contributed by atoms with van der Waals surface area (Å²) in [5, 5.41) is 15.3. The topological polar surface area (TPSA) is 71.0 Å². The molecule has 1 amide bonds. The van der Waals surface area contributed by atoms with Gasteiger partial charge in [0.1, 0.15) is 0 Å². The molecule has 0 radical (unpaired) electrons. The first-order chi connectivity index (χ1) is 13.1. The molecule has 0 unspecified atom stereocenters. The highest BCUT2D eigenvalue weighted by atomic mass is 32.2. The van der Waals surface area contributed by atoms with Crippen LogP contribution >= 0.6 is 34.4 Å². The van der Waals surface area contributed by atoms with Crippen molar-refractivity contribution in [2.75, 3.05) is 29.1 Å². The number of thiazole rings is 1. The third-order valence-corrected chi connectivity index (χ3v) is 7.02. The van der Waals surface area contributed by atoms with Crippen LogP contribution in [0.1, 0.15) is 17.5 Å². The average Bonchev–Trinajstić information content (AvgIpc) is 3.39. The Hall–Kier alpha value is -1.97. The molecule has 1 N–H and O–H groups in total. The van der Waals surface area contributed by atoms with Gasteiger partial charge in [0, 0.05) is 29.7 Å². The Bertz CT molecular complexity index is 968. The van der Waals surface area contributed by atoms with Gasteiger partial charge in [-0.1, -0.05) is 29.2 Å². The quantitative estimate of drug-likeness (QED) is 0.609. The van der Waals surface area contributed by atoms with Gasteiger partial charge >= 0.3 is 0 Å². The van der Waals surface area contributed by atoms with Crippen LogP contribution in [-0.2, 0) is 11.2 Å². The molecule has 0 spiro atoms. The number of nitrogens with zero attached hydrogens (tertiary/aromatic N) is 4. The van der Waals surface area contributed by atoms with Crippen molar-refractivity contribution in [1.82, 2.24) is 15.2 Å². The largest absolute Gasteiger partial charge is 0.360 e.